The maximum Gasteiger partial charge on any atom is 0.317 e. The number of urea groups is 1. The lowest BCUT2D eigenvalue weighted by atomic mass is 10.0. The van der Waals surface area contributed by atoms with Gasteiger partial charge in [0.1, 0.15) is 0 Å². The molecule has 98 valence electrons. The van der Waals surface area contributed by atoms with Crippen LogP contribution in [-0.4, -0.2) is 54.8 Å². The van der Waals surface area contributed by atoms with Crippen molar-refractivity contribution in [3.63, 3.8) is 0 Å². The molecule has 4 nitrogen and oxygen atoms in total. The van der Waals surface area contributed by atoms with Crippen molar-refractivity contribution in [2.24, 2.45) is 0 Å². The molecule has 2 amide bonds. The number of nitrogens with zero attached hydrogens (tertiary/aromatic N) is 1. The first-order valence-corrected chi connectivity index (χ1v) is 7.63. The molecule has 2 atom stereocenters. The van der Waals surface area contributed by atoms with Gasteiger partial charge >= 0.3 is 6.03 Å². The normalized spacial score (nSPS) is 31.6. The molecule has 0 aromatic carbocycles. The number of carbonyl (C=O) groups excluding carboxylic acids is 1. The molecule has 0 radical (unpaired) electrons. The van der Waals surface area contributed by atoms with Gasteiger partial charge in [0, 0.05) is 31.0 Å². The molecule has 2 aliphatic rings. The minimum atomic E-state index is 0.106. The third-order valence-electron chi connectivity index (χ3n) is 3.84. The number of fused-ring (bicyclic) bond motifs is 2. The van der Waals surface area contributed by atoms with Crippen molar-refractivity contribution in [1.29, 1.82) is 0 Å². The van der Waals surface area contributed by atoms with E-state index in [9.17, 15) is 4.79 Å². The summed E-state index contributed by atoms with van der Waals surface area (Å²) in [5.41, 5.74) is 0. The van der Waals surface area contributed by atoms with E-state index in [2.05, 4.69) is 16.5 Å². The first-order valence-electron chi connectivity index (χ1n) is 6.34. The average molecular weight is 258 g/mol. The van der Waals surface area contributed by atoms with Gasteiger partial charge in [0.25, 0.3) is 0 Å². The van der Waals surface area contributed by atoms with Gasteiger partial charge in [-0.25, -0.2) is 4.79 Å². The largest absolute Gasteiger partial charge is 0.383 e. The van der Waals surface area contributed by atoms with Crippen LogP contribution < -0.4 is 5.32 Å². The van der Waals surface area contributed by atoms with E-state index in [0.29, 0.717) is 25.2 Å². The third kappa shape index (κ3) is 2.88. The van der Waals surface area contributed by atoms with Gasteiger partial charge in [-0.1, -0.05) is 0 Å². The number of hydrogen-bond acceptors (Lipinski definition) is 3. The Balaban J connectivity index is 1.87. The summed E-state index contributed by atoms with van der Waals surface area (Å²) in [4.78, 5) is 14.2. The topological polar surface area (TPSA) is 41.6 Å². The highest BCUT2D eigenvalue weighted by atomic mass is 32.2. The predicted octanol–water partition coefficient (Wildman–Crippen LogP) is 1.70. The number of carbonyl (C=O) groups is 1. The first-order chi connectivity index (χ1) is 8.26. The lowest BCUT2D eigenvalue weighted by Crippen LogP contribution is -2.51. The summed E-state index contributed by atoms with van der Waals surface area (Å²) < 4.78 is 4.95. The summed E-state index contributed by atoms with van der Waals surface area (Å²) in [6, 6.07) is 1.04. The van der Waals surface area contributed by atoms with Crippen molar-refractivity contribution >= 4 is 17.8 Å². The van der Waals surface area contributed by atoms with Crippen LogP contribution in [0.4, 0.5) is 4.79 Å². The van der Waals surface area contributed by atoms with Crippen LogP contribution in [0.3, 0.4) is 0 Å². The van der Waals surface area contributed by atoms with E-state index in [4.69, 9.17) is 4.74 Å². The number of methoxy groups -OCH3 is 1. The van der Waals surface area contributed by atoms with E-state index in [1.165, 1.54) is 12.8 Å². The molecule has 2 heterocycles. The highest BCUT2D eigenvalue weighted by Crippen LogP contribution is 2.39. The van der Waals surface area contributed by atoms with E-state index in [1.807, 2.05) is 11.8 Å². The lowest BCUT2D eigenvalue weighted by molar-refractivity contribution is 0.143. The molecule has 0 saturated carbocycles. The second kappa shape index (κ2) is 5.96. The van der Waals surface area contributed by atoms with Crippen molar-refractivity contribution in [2.75, 3.05) is 26.5 Å². The molecule has 2 saturated heterocycles. The Morgan fingerprint density at radius 1 is 1.41 bits per heavy atom. The number of piperidine rings is 1. The van der Waals surface area contributed by atoms with Crippen LogP contribution in [0.1, 0.15) is 25.7 Å². The van der Waals surface area contributed by atoms with Gasteiger partial charge in [0.2, 0.25) is 0 Å². The van der Waals surface area contributed by atoms with Crippen LogP contribution in [0.2, 0.25) is 0 Å². The molecule has 2 aliphatic heterocycles. The zero-order valence-electron chi connectivity index (χ0n) is 10.6. The summed E-state index contributed by atoms with van der Waals surface area (Å²) >= 11 is 1.95. The second-order valence-corrected chi connectivity index (χ2v) is 5.98. The highest BCUT2D eigenvalue weighted by molar-refractivity contribution is 7.99. The molecule has 2 unspecified atom stereocenters. The number of ether oxygens (including phenoxy) is 1. The summed E-state index contributed by atoms with van der Waals surface area (Å²) in [5, 5.41) is 3.69. The van der Waals surface area contributed by atoms with Crippen molar-refractivity contribution < 1.29 is 9.53 Å². The Labute approximate surface area is 107 Å². The summed E-state index contributed by atoms with van der Waals surface area (Å²) in [6.45, 7) is 1.19. The Kier molecular flexibility index (Phi) is 4.56. The molecular formula is C12H22N2O2S. The molecule has 0 aliphatic carbocycles. The van der Waals surface area contributed by atoms with Gasteiger partial charge in [0.05, 0.1) is 6.61 Å². The van der Waals surface area contributed by atoms with Crippen molar-refractivity contribution in [3.05, 3.63) is 0 Å². The van der Waals surface area contributed by atoms with Crippen LogP contribution in [-0.2, 0) is 4.74 Å². The van der Waals surface area contributed by atoms with Crippen molar-refractivity contribution in [1.82, 2.24) is 10.2 Å². The molecule has 1 N–H and O–H groups in total. The van der Waals surface area contributed by atoms with Crippen LogP contribution in [0.15, 0.2) is 0 Å². The van der Waals surface area contributed by atoms with Crippen molar-refractivity contribution in [3.8, 4) is 0 Å². The number of nitrogens with one attached hydrogen (secondary N) is 1. The number of thioether (sulfide) groups is 1. The van der Waals surface area contributed by atoms with Crippen LogP contribution in [0.5, 0.6) is 0 Å². The maximum absolute atomic E-state index is 12.1. The zero-order valence-corrected chi connectivity index (χ0v) is 11.5. The van der Waals surface area contributed by atoms with Crippen molar-refractivity contribution in [2.45, 2.75) is 43.0 Å². The van der Waals surface area contributed by atoms with Crippen LogP contribution >= 0.6 is 11.8 Å². The Bertz CT molecular complexity index is 261. The molecule has 2 bridgehead atoms. The standard InChI is InChI=1S/C12H22N2O2S/c1-16-6-5-13-12(15)14-9-3-4-10(14)8-11(7-9)17-2/h9-11H,3-8H2,1-2H3,(H,13,15). The quantitative estimate of drug-likeness (QED) is 0.780. The van der Waals surface area contributed by atoms with Gasteiger partial charge < -0.3 is 15.0 Å². The zero-order chi connectivity index (χ0) is 12.3. The number of hydrogen-bond donors (Lipinski definition) is 1. The molecule has 0 aromatic rings. The maximum atomic E-state index is 12.1. The number of amides is 2. The van der Waals surface area contributed by atoms with Crippen LogP contribution in [0.25, 0.3) is 0 Å². The lowest BCUT2D eigenvalue weighted by Gasteiger charge is -2.38. The average Bonchev–Trinajstić information content (AvgIpc) is 2.60. The van der Waals surface area contributed by atoms with E-state index < -0.39 is 0 Å². The summed E-state index contributed by atoms with van der Waals surface area (Å²) in [6.07, 6.45) is 6.86. The van der Waals surface area contributed by atoms with E-state index in [1.54, 1.807) is 7.11 Å². The molecule has 2 fully saturated rings. The van der Waals surface area contributed by atoms with Gasteiger partial charge in [-0.3, -0.25) is 0 Å². The highest BCUT2D eigenvalue weighted by Gasteiger charge is 2.42. The van der Waals surface area contributed by atoms with E-state index >= 15 is 0 Å². The van der Waals surface area contributed by atoms with Gasteiger partial charge in [-0.2, -0.15) is 11.8 Å². The molecule has 17 heavy (non-hydrogen) atoms. The minimum Gasteiger partial charge on any atom is -0.383 e. The molecule has 0 spiro atoms. The monoisotopic (exact) mass is 258 g/mol. The predicted molar refractivity (Wildman–Crippen MR) is 70.5 cm³/mol. The fraction of sp³-hybridized carbons (Fsp3) is 0.917. The molecule has 5 heteroatoms. The van der Waals surface area contributed by atoms with Crippen LogP contribution in [0, 0.1) is 0 Å². The van der Waals surface area contributed by atoms with Gasteiger partial charge in [-0.05, 0) is 31.9 Å². The SMILES string of the molecule is COCCNC(=O)N1C2CCC1CC(SC)C2. The Morgan fingerprint density at radius 3 is 2.59 bits per heavy atom. The smallest absolute Gasteiger partial charge is 0.317 e. The Hall–Kier alpha value is -0.420. The van der Waals surface area contributed by atoms with Gasteiger partial charge in [0.15, 0.2) is 0 Å². The fourth-order valence-electron chi connectivity index (χ4n) is 3.00. The van der Waals surface area contributed by atoms with Gasteiger partial charge in [-0.15, -0.1) is 0 Å². The third-order valence-corrected chi connectivity index (χ3v) is 4.89. The number of rotatable bonds is 4. The molecule has 2 rings (SSSR count). The Morgan fingerprint density at radius 2 is 2.06 bits per heavy atom. The fourth-order valence-corrected chi connectivity index (χ4v) is 3.83. The second-order valence-electron chi connectivity index (χ2n) is 4.85. The summed E-state index contributed by atoms with van der Waals surface area (Å²) in [5.74, 6) is 0. The van der Waals surface area contributed by atoms with E-state index in [-0.39, 0.29) is 6.03 Å². The summed E-state index contributed by atoms with van der Waals surface area (Å²) in [7, 11) is 1.65. The first kappa shape index (κ1) is 13.0. The molecular weight excluding hydrogens is 236 g/mol. The minimum absolute atomic E-state index is 0.106. The molecule has 0 aromatic heterocycles. The van der Waals surface area contributed by atoms with E-state index in [0.717, 1.165) is 18.1 Å².